The first-order valence-corrected chi connectivity index (χ1v) is 6.05. The largest absolute Gasteiger partial charge is 0.482 e. The first kappa shape index (κ1) is 12.4. The van der Waals surface area contributed by atoms with Crippen molar-refractivity contribution >= 4 is 17.5 Å². The number of anilines is 1. The number of hydrogen-bond donors (Lipinski definition) is 2. The number of amides is 2. The standard InChI is InChI=1S/C13H16N2O3/c1-2-3-6-14-13(17)9-4-5-10-11(7-9)18-8-12(16)15-10/h4-5,7H,2-3,6,8H2,1H3,(H,14,17)(H,15,16). The molecule has 5 heteroatoms. The summed E-state index contributed by atoms with van der Waals surface area (Å²) in [5.41, 5.74) is 1.15. The van der Waals surface area contributed by atoms with Crippen LogP contribution < -0.4 is 15.4 Å². The van der Waals surface area contributed by atoms with Crippen molar-refractivity contribution in [3.63, 3.8) is 0 Å². The van der Waals surface area contributed by atoms with Crippen LogP contribution in [-0.2, 0) is 4.79 Å². The fraction of sp³-hybridized carbons (Fsp3) is 0.385. The van der Waals surface area contributed by atoms with E-state index in [1.165, 1.54) is 0 Å². The fourth-order valence-electron chi connectivity index (χ4n) is 1.70. The number of hydrogen-bond acceptors (Lipinski definition) is 3. The van der Waals surface area contributed by atoms with E-state index in [9.17, 15) is 9.59 Å². The molecule has 1 heterocycles. The van der Waals surface area contributed by atoms with Crippen molar-refractivity contribution in [2.45, 2.75) is 19.8 Å². The number of benzene rings is 1. The van der Waals surface area contributed by atoms with Crippen molar-refractivity contribution in [1.29, 1.82) is 0 Å². The monoisotopic (exact) mass is 248 g/mol. The van der Waals surface area contributed by atoms with E-state index in [1.54, 1.807) is 18.2 Å². The second kappa shape index (κ2) is 5.53. The molecule has 0 unspecified atom stereocenters. The van der Waals surface area contributed by atoms with Gasteiger partial charge in [-0.15, -0.1) is 0 Å². The number of nitrogens with one attached hydrogen (secondary N) is 2. The summed E-state index contributed by atoms with van der Waals surface area (Å²) in [4.78, 5) is 22.9. The first-order chi connectivity index (χ1) is 8.70. The molecule has 96 valence electrons. The lowest BCUT2D eigenvalue weighted by atomic mass is 10.1. The Labute approximate surface area is 106 Å². The van der Waals surface area contributed by atoms with E-state index in [2.05, 4.69) is 17.6 Å². The predicted molar refractivity (Wildman–Crippen MR) is 67.8 cm³/mol. The van der Waals surface area contributed by atoms with Gasteiger partial charge in [0.25, 0.3) is 11.8 Å². The number of rotatable bonds is 4. The Hall–Kier alpha value is -2.04. The van der Waals surface area contributed by atoms with Gasteiger partial charge in [0.2, 0.25) is 0 Å². The first-order valence-electron chi connectivity index (χ1n) is 6.05. The van der Waals surface area contributed by atoms with E-state index in [0.717, 1.165) is 12.8 Å². The maximum Gasteiger partial charge on any atom is 0.262 e. The highest BCUT2D eigenvalue weighted by Crippen LogP contribution is 2.28. The summed E-state index contributed by atoms with van der Waals surface area (Å²) in [6.07, 6.45) is 2.00. The smallest absolute Gasteiger partial charge is 0.262 e. The normalized spacial score (nSPS) is 13.3. The maximum atomic E-state index is 11.8. The fourth-order valence-corrected chi connectivity index (χ4v) is 1.70. The van der Waals surface area contributed by atoms with Crippen LogP contribution in [0.2, 0.25) is 0 Å². The molecule has 1 aromatic carbocycles. The van der Waals surface area contributed by atoms with E-state index in [4.69, 9.17) is 4.74 Å². The molecular weight excluding hydrogens is 232 g/mol. The number of carbonyl (C=O) groups excluding carboxylic acids is 2. The van der Waals surface area contributed by atoms with Gasteiger partial charge >= 0.3 is 0 Å². The molecule has 0 radical (unpaired) electrons. The zero-order chi connectivity index (χ0) is 13.0. The molecule has 0 saturated carbocycles. The molecule has 2 rings (SSSR count). The van der Waals surface area contributed by atoms with Crippen LogP contribution in [0.5, 0.6) is 5.75 Å². The summed E-state index contributed by atoms with van der Waals surface area (Å²) in [6, 6.07) is 5.01. The SMILES string of the molecule is CCCCNC(=O)c1ccc2c(c1)OCC(=O)N2. The summed E-state index contributed by atoms with van der Waals surface area (Å²) in [5.74, 6) is 0.243. The van der Waals surface area contributed by atoms with Gasteiger partial charge in [-0.1, -0.05) is 13.3 Å². The summed E-state index contributed by atoms with van der Waals surface area (Å²) in [6.45, 7) is 2.74. The van der Waals surface area contributed by atoms with Crippen molar-refractivity contribution in [1.82, 2.24) is 5.32 Å². The molecule has 5 nitrogen and oxygen atoms in total. The minimum absolute atomic E-state index is 0.00604. The molecule has 0 bridgehead atoms. The second-order valence-corrected chi connectivity index (χ2v) is 4.16. The molecule has 18 heavy (non-hydrogen) atoms. The minimum atomic E-state index is -0.178. The van der Waals surface area contributed by atoms with Crippen molar-refractivity contribution in [3.8, 4) is 5.75 Å². The van der Waals surface area contributed by atoms with E-state index < -0.39 is 0 Å². The molecule has 0 aliphatic carbocycles. The van der Waals surface area contributed by atoms with Crippen LogP contribution in [-0.4, -0.2) is 25.0 Å². The van der Waals surface area contributed by atoms with Crippen LogP contribution in [0.15, 0.2) is 18.2 Å². The van der Waals surface area contributed by atoms with Gasteiger partial charge in [-0.25, -0.2) is 0 Å². The van der Waals surface area contributed by atoms with Crippen molar-refractivity contribution in [2.24, 2.45) is 0 Å². The van der Waals surface area contributed by atoms with Crippen molar-refractivity contribution < 1.29 is 14.3 Å². The zero-order valence-corrected chi connectivity index (χ0v) is 10.3. The van der Waals surface area contributed by atoms with Gasteiger partial charge in [-0.05, 0) is 24.6 Å². The van der Waals surface area contributed by atoms with Gasteiger partial charge < -0.3 is 15.4 Å². The van der Waals surface area contributed by atoms with Crippen LogP contribution in [0, 0.1) is 0 Å². The van der Waals surface area contributed by atoms with Gasteiger partial charge in [0.1, 0.15) is 5.75 Å². The molecule has 2 N–H and O–H groups in total. The van der Waals surface area contributed by atoms with Crippen LogP contribution in [0.25, 0.3) is 0 Å². The Kier molecular flexibility index (Phi) is 3.82. The zero-order valence-electron chi connectivity index (χ0n) is 10.3. The molecule has 1 aromatic rings. The van der Waals surface area contributed by atoms with E-state index >= 15 is 0 Å². The molecular formula is C13H16N2O3. The van der Waals surface area contributed by atoms with Crippen LogP contribution in [0.4, 0.5) is 5.69 Å². The second-order valence-electron chi connectivity index (χ2n) is 4.16. The average Bonchev–Trinajstić information content (AvgIpc) is 2.38. The third-order valence-electron chi connectivity index (χ3n) is 2.69. The van der Waals surface area contributed by atoms with Gasteiger partial charge in [0.15, 0.2) is 6.61 Å². The molecule has 0 aromatic heterocycles. The van der Waals surface area contributed by atoms with E-state index in [-0.39, 0.29) is 18.4 Å². The number of ether oxygens (including phenoxy) is 1. The van der Waals surface area contributed by atoms with Crippen LogP contribution >= 0.6 is 0 Å². The number of carbonyl (C=O) groups is 2. The topological polar surface area (TPSA) is 67.4 Å². The molecule has 2 amide bonds. The molecule has 1 aliphatic heterocycles. The summed E-state index contributed by atoms with van der Waals surface area (Å²) >= 11 is 0. The molecule has 0 saturated heterocycles. The number of unbranched alkanes of at least 4 members (excludes halogenated alkanes) is 1. The highest BCUT2D eigenvalue weighted by molar-refractivity contribution is 5.98. The van der Waals surface area contributed by atoms with Gasteiger partial charge in [-0.3, -0.25) is 9.59 Å². The lowest BCUT2D eigenvalue weighted by Crippen LogP contribution is -2.27. The summed E-state index contributed by atoms with van der Waals surface area (Å²) in [5, 5.41) is 5.52. The van der Waals surface area contributed by atoms with Gasteiger partial charge in [-0.2, -0.15) is 0 Å². The minimum Gasteiger partial charge on any atom is -0.482 e. The summed E-state index contributed by atoms with van der Waals surface area (Å²) < 4.78 is 5.26. The van der Waals surface area contributed by atoms with Gasteiger partial charge in [0.05, 0.1) is 5.69 Å². The third kappa shape index (κ3) is 2.80. The Balaban J connectivity index is 2.06. The Bertz CT molecular complexity index is 471. The number of fused-ring (bicyclic) bond motifs is 1. The predicted octanol–water partition coefficient (Wildman–Crippen LogP) is 1.55. The van der Waals surface area contributed by atoms with Crippen molar-refractivity contribution in [3.05, 3.63) is 23.8 Å². The van der Waals surface area contributed by atoms with Crippen molar-refractivity contribution in [2.75, 3.05) is 18.5 Å². The molecule has 0 fully saturated rings. The van der Waals surface area contributed by atoms with E-state index in [1.807, 2.05) is 0 Å². The lowest BCUT2D eigenvalue weighted by Gasteiger charge is -2.18. The van der Waals surface area contributed by atoms with E-state index in [0.29, 0.717) is 23.5 Å². The Morgan fingerprint density at radius 1 is 1.50 bits per heavy atom. The maximum absolute atomic E-state index is 11.8. The highest BCUT2D eigenvalue weighted by Gasteiger charge is 2.17. The Morgan fingerprint density at radius 2 is 2.33 bits per heavy atom. The summed E-state index contributed by atoms with van der Waals surface area (Å²) in [7, 11) is 0. The molecule has 0 atom stereocenters. The van der Waals surface area contributed by atoms with Crippen LogP contribution in [0.3, 0.4) is 0 Å². The quantitative estimate of drug-likeness (QED) is 0.794. The average molecular weight is 248 g/mol. The lowest BCUT2D eigenvalue weighted by molar-refractivity contribution is -0.118. The highest BCUT2D eigenvalue weighted by atomic mass is 16.5. The Morgan fingerprint density at radius 3 is 3.11 bits per heavy atom. The molecule has 1 aliphatic rings. The van der Waals surface area contributed by atoms with Crippen LogP contribution in [0.1, 0.15) is 30.1 Å². The van der Waals surface area contributed by atoms with Gasteiger partial charge in [0, 0.05) is 12.1 Å². The third-order valence-corrected chi connectivity index (χ3v) is 2.69. The molecule has 0 spiro atoms.